The Kier molecular flexibility index (Phi) is 8.48. The number of para-hydroxylation sites is 3. The average Bonchev–Trinajstić information content (AvgIpc) is 3.99. The minimum Gasteiger partial charge on any atom is -0.310 e. The molecule has 0 saturated heterocycles. The van der Waals surface area contributed by atoms with Crippen LogP contribution in [0.2, 0.25) is 0 Å². The fourth-order valence-electron chi connectivity index (χ4n) is 11.1. The highest BCUT2D eigenvalue weighted by molar-refractivity contribution is 6.14. The van der Waals surface area contributed by atoms with E-state index in [0.29, 0.717) is 0 Å². The molecule has 12 aromatic rings. The third-order valence-electron chi connectivity index (χ3n) is 14.0. The molecule has 3 heteroatoms. The molecule has 0 aliphatic heterocycles. The number of aryl methyl sites for hydroxylation is 1. The molecule has 1 aliphatic rings. The Labute approximate surface area is 378 Å². The largest absolute Gasteiger partial charge is 0.310 e. The summed E-state index contributed by atoms with van der Waals surface area (Å²) < 4.78 is 7.39. The van der Waals surface area contributed by atoms with Gasteiger partial charge in [0.05, 0.1) is 33.1 Å². The lowest BCUT2D eigenvalue weighted by Gasteiger charge is -2.31. The maximum absolute atomic E-state index is 2.50. The number of aromatic nitrogens is 3. The van der Waals surface area contributed by atoms with E-state index in [9.17, 15) is 0 Å². The lowest BCUT2D eigenvalue weighted by atomic mass is 9.75. The van der Waals surface area contributed by atoms with Gasteiger partial charge < -0.3 is 13.7 Å². The Morgan fingerprint density at radius 2 is 0.862 bits per heavy atom. The molecule has 3 aromatic heterocycles. The molecule has 0 amide bonds. The van der Waals surface area contributed by atoms with Crippen LogP contribution >= 0.6 is 0 Å². The van der Waals surface area contributed by atoms with Crippen molar-refractivity contribution in [3.8, 4) is 22.5 Å². The summed E-state index contributed by atoms with van der Waals surface area (Å²) >= 11 is 0. The number of rotatable bonds is 6. The van der Waals surface area contributed by atoms with Crippen molar-refractivity contribution in [1.82, 2.24) is 13.7 Å². The summed E-state index contributed by atoms with van der Waals surface area (Å²) in [5, 5.41) is 7.59. The quantitative estimate of drug-likeness (QED) is 0.159. The topological polar surface area (TPSA) is 14.8 Å². The average molecular weight is 832 g/mol. The fourth-order valence-corrected chi connectivity index (χ4v) is 11.1. The highest BCUT2D eigenvalue weighted by atomic mass is 15.0. The van der Waals surface area contributed by atoms with E-state index in [-0.39, 0.29) is 11.8 Å². The second-order valence-electron chi connectivity index (χ2n) is 17.9. The number of fused-ring (bicyclic) bond motifs is 9. The van der Waals surface area contributed by atoms with Crippen molar-refractivity contribution in [2.24, 2.45) is 5.92 Å². The van der Waals surface area contributed by atoms with Gasteiger partial charge >= 0.3 is 0 Å². The first-order valence-electron chi connectivity index (χ1n) is 22.8. The summed E-state index contributed by atoms with van der Waals surface area (Å²) in [6.07, 6.45) is 4.97. The molecule has 308 valence electrons. The van der Waals surface area contributed by atoms with Crippen molar-refractivity contribution in [3.63, 3.8) is 0 Å². The standard InChI is InChI=1S/C62H45N3/c1-40-28-31-59-53(34-40)49-22-9-12-25-56(49)64(59)47-30-33-61-55(38-47)51-24-11-14-27-58(51)65(61)48-35-41(2)62(52(39-48)43-18-7-4-8-19-43)45-20-15-21-46(36-45)63-57-26-13-10-23-50(57)54-37-44(29-32-60(54)63)42-16-5-3-6-17-42/h3-39,41,62H,1-2H3. The Balaban J connectivity index is 0.954. The molecular formula is C62H45N3. The Morgan fingerprint density at radius 3 is 1.54 bits per heavy atom. The number of allylic oxidation sites excluding steroid dienone is 4. The second kappa shape index (κ2) is 14.7. The molecule has 0 N–H and O–H groups in total. The van der Waals surface area contributed by atoms with E-state index in [1.807, 2.05) is 0 Å². The molecule has 2 atom stereocenters. The first-order valence-corrected chi connectivity index (χ1v) is 22.8. The summed E-state index contributed by atoms with van der Waals surface area (Å²) in [5.74, 6) is 0.334. The molecule has 0 bridgehead atoms. The lowest BCUT2D eigenvalue weighted by Crippen LogP contribution is -2.16. The van der Waals surface area contributed by atoms with Crippen LogP contribution in [0.5, 0.6) is 0 Å². The van der Waals surface area contributed by atoms with Crippen LogP contribution < -0.4 is 0 Å². The summed E-state index contributed by atoms with van der Waals surface area (Å²) in [6, 6.07) is 78.4. The molecule has 0 radical (unpaired) electrons. The Hall–Kier alpha value is -8.14. The maximum atomic E-state index is 2.50. The van der Waals surface area contributed by atoms with Gasteiger partial charge in [-0.15, -0.1) is 0 Å². The molecule has 9 aromatic carbocycles. The fraction of sp³-hybridized carbons (Fsp3) is 0.0645. The van der Waals surface area contributed by atoms with Crippen molar-refractivity contribution in [2.45, 2.75) is 19.8 Å². The zero-order valence-corrected chi connectivity index (χ0v) is 36.4. The predicted octanol–water partition coefficient (Wildman–Crippen LogP) is 16.3. The van der Waals surface area contributed by atoms with E-state index in [0.717, 1.165) is 0 Å². The minimum atomic E-state index is 0.137. The van der Waals surface area contributed by atoms with Crippen LogP contribution in [0.15, 0.2) is 224 Å². The molecule has 1 aliphatic carbocycles. The molecule has 0 spiro atoms. The number of benzene rings is 9. The molecular weight excluding hydrogens is 787 g/mol. The van der Waals surface area contributed by atoms with Crippen molar-refractivity contribution in [1.29, 1.82) is 0 Å². The van der Waals surface area contributed by atoms with Crippen molar-refractivity contribution in [3.05, 3.63) is 241 Å². The molecule has 2 unspecified atom stereocenters. The van der Waals surface area contributed by atoms with Gasteiger partial charge in [-0.25, -0.2) is 0 Å². The third-order valence-corrected chi connectivity index (χ3v) is 14.0. The van der Waals surface area contributed by atoms with Gasteiger partial charge in [0.15, 0.2) is 0 Å². The van der Waals surface area contributed by atoms with Crippen LogP contribution in [0, 0.1) is 12.8 Å². The Bertz CT molecular complexity index is 3910. The Morgan fingerprint density at radius 1 is 0.354 bits per heavy atom. The predicted molar refractivity (Wildman–Crippen MR) is 275 cm³/mol. The summed E-state index contributed by atoms with van der Waals surface area (Å²) in [5.41, 5.74) is 18.4. The molecule has 0 saturated carbocycles. The zero-order valence-electron chi connectivity index (χ0n) is 36.4. The van der Waals surface area contributed by atoms with Gasteiger partial charge in [-0.2, -0.15) is 0 Å². The first-order chi connectivity index (χ1) is 32.1. The maximum Gasteiger partial charge on any atom is 0.0542 e. The van der Waals surface area contributed by atoms with E-state index in [1.54, 1.807) is 0 Å². The SMILES string of the molecule is Cc1ccc2c(c1)c1ccccc1n2-c1ccc2c(c1)c1ccccc1n2C1=CC(C)C(c2cccc(-n3c4ccccc4c4cc(-c5ccccc5)ccc43)c2)C(c2ccccc2)=C1. The van der Waals surface area contributed by atoms with Gasteiger partial charge in [0, 0.05) is 55.3 Å². The summed E-state index contributed by atoms with van der Waals surface area (Å²) in [6.45, 7) is 4.58. The van der Waals surface area contributed by atoms with Crippen LogP contribution in [0.3, 0.4) is 0 Å². The van der Waals surface area contributed by atoms with Gasteiger partial charge in [0.25, 0.3) is 0 Å². The highest BCUT2D eigenvalue weighted by Gasteiger charge is 2.29. The van der Waals surface area contributed by atoms with Crippen LogP contribution in [-0.2, 0) is 0 Å². The second-order valence-corrected chi connectivity index (χ2v) is 17.9. The van der Waals surface area contributed by atoms with Crippen LogP contribution in [0.25, 0.3) is 99.2 Å². The van der Waals surface area contributed by atoms with Gasteiger partial charge in [0.1, 0.15) is 0 Å². The van der Waals surface area contributed by atoms with Crippen LogP contribution in [0.4, 0.5) is 0 Å². The number of hydrogen-bond donors (Lipinski definition) is 0. The molecule has 13 rings (SSSR count). The molecule has 0 fully saturated rings. The van der Waals surface area contributed by atoms with Crippen molar-refractivity contribution < 1.29 is 0 Å². The third kappa shape index (κ3) is 5.89. The normalized spacial score (nSPS) is 15.4. The van der Waals surface area contributed by atoms with E-state index in [1.165, 1.54) is 116 Å². The van der Waals surface area contributed by atoms with E-state index in [4.69, 9.17) is 0 Å². The highest BCUT2D eigenvalue weighted by Crippen LogP contribution is 2.47. The lowest BCUT2D eigenvalue weighted by molar-refractivity contribution is 0.649. The van der Waals surface area contributed by atoms with Crippen LogP contribution in [0.1, 0.15) is 29.5 Å². The smallest absolute Gasteiger partial charge is 0.0542 e. The van der Waals surface area contributed by atoms with Gasteiger partial charge in [-0.05, 0) is 120 Å². The number of nitrogens with zero attached hydrogens (tertiary/aromatic N) is 3. The monoisotopic (exact) mass is 831 g/mol. The van der Waals surface area contributed by atoms with Crippen molar-refractivity contribution >= 4 is 76.7 Å². The number of hydrogen-bond acceptors (Lipinski definition) is 0. The van der Waals surface area contributed by atoms with Gasteiger partial charge in [-0.3, -0.25) is 0 Å². The van der Waals surface area contributed by atoms with E-state index >= 15 is 0 Å². The minimum absolute atomic E-state index is 0.137. The molecule has 65 heavy (non-hydrogen) atoms. The van der Waals surface area contributed by atoms with E-state index < -0.39 is 0 Å². The molecule has 3 heterocycles. The summed E-state index contributed by atoms with van der Waals surface area (Å²) in [7, 11) is 0. The zero-order chi connectivity index (χ0) is 43.2. The first kappa shape index (κ1) is 37.4. The van der Waals surface area contributed by atoms with Gasteiger partial charge in [0.2, 0.25) is 0 Å². The van der Waals surface area contributed by atoms with Crippen LogP contribution in [-0.4, -0.2) is 13.7 Å². The van der Waals surface area contributed by atoms with Crippen molar-refractivity contribution in [2.75, 3.05) is 0 Å². The van der Waals surface area contributed by atoms with E-state index in [2.05, 4.69) is 252 Å². The van der Waals surface area contributed by atoms with Gasteiger partial charge in [-0.1, -0.05) is 158 Å². The summed E-state index contributed by atoms with van der Waals surface area (Å²) in [4.78, 5) is 0. The molecule has 3 nitrogen and oxygen atoms in total.